The molecule has 0 aliphatic heterocycles. The van der Waals surface area contributed by atoms with E-state index < -0.39 is 29.8 Å². The van der Waals surface area contributed by atoms with Crippen LogP contribution in [0.1, 0.15) is 44.5 Å². The van der Waals surface area contributed by atoms with Gasteiger partial charge in [0.1, 0.15) is 33.0 Å². The number of rotatable bonds is 25. The Labute approximate surface area is 419 Å². The molecule has 0 fully saturated rings. The van der Waals surface area contributed by atoms with Gasteiger partial charge in [0.15, 0.2) is 0 Å². The van der Waals surface area contributed by atoms with E-state index in [4.69, 9.17) is 72.4 Å². The molecule has 0 saturated carbocycles. The lowest BCUT2D eigenvalue weighted by atomic mass is 10.1. The molecule has 17 heteroatoms. The molecule has 0 radical (unpaired) electrons. The van der Waals surface area contributed by atoms with E-state index >= 15 is 0 Å². The van der Waals surface area contributed by atoms with Crippen molar-refractivity contribution in [3.05, 3.63) is 176 Å². The van der Waals surface area contributed by atoms with Gasteiger partial charge in [0.05, 0.1) is 33.0 Å². The zero-order valence-corrected chi connectivity index (χ0v) is 41.2. The second kappa shape index (κ2) is 38.7. The molecule has 0 amide bonds. The highest BCUT2D eigenvalue weighted by atomic mass is 35.5. The molecular formula is C53H64Cl2O15. The first kappa shape index (κ1) is 61.8. The average molecular weight is 1010 g/mol. The van der Waals surface area contributed by atoms with Gasteiger partial charge in [-0.2, -0.15) is 0 Å². The fourth-order valence-electron chi connectivity index (χ4n) is 5.60. The van der Waals surface area contributed by atoms with Crippen LogP contribution < -0.4 is 0 Å². The van der Waals surface area contributed by atoms with Crippen molar-refractivity contribution >= 4 is 53.0 Å². The van der Waals surface area contributed by atoms with Crippen molar-refractivity contribution in [3.8, 4) is 0 Å². The van der Waals surface area contributed by atoms with Crippen LogP contribution >= 0.6 is 23.2 Å². The molecule has 0 spiro atoms. The number of carbonyl (C=O) groups is 5. The predicted molar refractivity (Wildman–Crippen MR) is 267 cm³/mol. The third kappa shape index (κ3) is 35.0. The first-order chi connectivity index (χ1) is 33.4. The van der Waals surface area contributed by atoms with Gasteiger partial charge in [0.25, 0.3) is 0 Å². The van der Waals surface area contributed by atoms with Crippen LogP contribution in [0.4, 0.5) is 0 Å². The lowest BCUT2D eigenvalue weighted by molar-refractivity contribution is -0.143. The number of hydrogen-bond acceptors (Lipinski definition) is 10. The van der Waals surface area contributed by atoms with Crippen LogP contribution in [0.2, 0.25) is 10.0 Å². The maximum absolute atomic E-state index is 10.2. The quantitative estimate of drug-likeness (QED) is 0.0344. The molecular weight excluding hydrogens is 947 g/mol. The molecule has 0 aliphatic carbocycles. The lowest BCUT2D eigenvalue weighted by Crippen LogP contribution is -2.09. The van der Waals surface area contributed by atoms with Crippen LogP contribution in [0, 0.1) is 20.8 Å². The highest BCUT2D eigenvalue weighted by Crippen LogP contribution is 2.15. The fourth-order valence-corrected chi connectivity index (χ4v) is 5.95. The Kier molecular flexibility index (Phi) is 34.2. The van der Waals surface area contributed by atoms with Crippen molar-refractivity contribution in [1.82, 2.24) is 0 Å². The number of halogens is 2. The summed E-state index contributed by atoms with van der Waals surface area (Å²) in [5.41, 5.74) is 9.25. The first-order valence-electron chi connectivity index (χ1n) is 22.1. The molecule has 15 nitrogen and oxygen atoms in total. The van der Waals surface area contributed by atoms with Gasteiger partial charge < -0.3 is 49.2 Å². The van der Waals surface area contributed by atoms with Crippen LogP contribution in [0.5, 0.6) is 0 Å². The molecule has 5 aromatic rings. The van der Waals surface area contributed by atoms with Crippen LogP contribution in [-0.2, 0) is 79.8 Å². The van der Waals surface area contributed by atoms with E-state index in [-0.39, 0.29) is 33.0 Å². The van der Waals surface area contributed by atoms with E-state index in [0.717, 1.165) is 30.4 Å². The number of carboxylic acids is 5. The number of hydrogen-bond donors (Lipinski definition) is 5. The minimum absolute atomic E-state index is 0.216. The molecule has 5 rings (SSSR count). The molecule has 5 aromatic carbocycles. The van der Waals surface area contributed by atoms with Crippen LogP contribution in [-0.4, -0.2) is 121 Å². The van der Waals surface area contributed by atoms with Crippen molar-refractivity contribution in [3.63, 3.8) is 0 Å². The minimum atomic E-state index is -0.954. The van der Waals surface area contributed by atoms with Gasteiger partial charge in [-0.3, -0.25) is 0 Å². The smallest absolute Gasteiger partial charge is 0.329 e. The Morgan fingerprint density at radius 1 is 0.386 bits per heavy atom. The standard InChI is InChI=1S/3C11H14O3.2C10H11ClO3/c1-9-2-4-10(5-3-9)6-7-14-8-11(12)13;1-9-3-2-4-10(7-9)5-6-14-8-11(12)13;1-9-4-2-3-5-10(9)6-7-14-8-11(12)13;11-9-3-1-8(2-4-9)5-6-14-7-10(12)13;11-9-4-2-1-3-8(9)5-6-14-7-10(12)13/h2-5H,6-8H2,1H3,(H,12,13);2-4,7H,5-6,8H2,1H3,(H,12,13);2-5H,6-8H2,1H3,(H,12,13);2*1-4H,5-7H2,(H,12,13). The third-order valence-corrected chi connectivity index (χ3v) is 9.72. The van der Waals surface area contributed by atoms with E-state index in [0.29, 0.717) is 55.9 Å². The van der Waals surface area contributed by atoms with Crippen molar-refractivity contribution in [2.75, 3.05) is 66.1 Å². The Hall–Kier alpha value is -6.17. The molecule has 0 unspecified atom stereocenters. The van der Waals surface area contributed by atoms with E-state index in [2.05, 4.69) is 6.07 Å². The largest absolute Gasteiger partial charge is 0.480 e. The average Bonchev–Trinajstić information content (AvgIpc) is 3.31. The van der Waals surface area contributed by atoms with E-state index in [1.54, 1.807) is 18.2 Å². The Balaban J connectivity index is 0.000000437. The van der Waals surface area contributed by atoms with Crippen LogP contribution in [0.25, 0.3) is 0 Å². The topological polar surface area (TPSA) is 233 Å². The van der Waals surface area contributed by atoms with Crippen LogP contribution in [0.15, 0.2) is 121 Å². The van der Waals surface area contributed by atoms with Gasteiger partial charge in [-0.05, 0) is 104 Å². The molecule has 70 heavy (non-hydrogen) atoms. The summed E-state index contributed by atoms with van der Waals surface area (Å²) in [5, 5.41) is 43.0. The Morgan fingerprint density at radius 2 is 0.757 bits per heavy atom. The number of aliphatic carboxylic acids is 5. The van der Waals surface area contributed by atoms with Crippen molar-refractivity contribution in [1.29, 1.82) is 0 Å². The maximum atomic E-state index is 10.2. The summed E-state index contributed by atoms with van der Waals surface area (Å²) in [6.45, 7) is 7.09. The molecule has 0 bridgehead atoms. The summed E-state index contributed by atoms with van der Waals surface area (Å²) in [6, 6.07) is 39.1. The molecule has 380 valence electrons. The maximum Gasteiger partial charge on any atom is 0.329 e. The van der Waals surface area contributed by atoms with Crippen molar-refractivity contribution in [2.24, 2.45) is 0 Å². The van der Waals surface area contributed by atoms with Gasteiger partial charge in [0, 0.05) is 10.0 Å². The molecule has 0 atom stereocenters. The lowest BCUT2D eigenvalue weighted by Gasteiger charge is -2.04. The van der Waals surface area contributed by atoms with Crippen molar-refractivity contribution in [2.45, 2.75) is 52.9 Å². The highest BCUT2D eigenvalue weighted by molar-refractivity contribution is 6.31. The number of carboxylic acid groups (broad SMARTS) is 5. The Bertz CT molecular complexity index is 2120. The highest BCUT2D eigenvalue weighted by Gasteiger charge is 2.03. The fraction of sp³-hybridized carbons (Fsp3) is 0.340. The van der Waals surface area contributed by atoms with Gasteiger partial charge >= 0.3 is 29.8 Å². The number of benzene rings is 5. The molecule has 0 heterocycles. The van der Waals surface area contributed by atoms with Crippen molar-refractivity contribution < 1.29 is 73.2 Å². The molecule has 5 N–H and O–H groups in total. The van der Waals surface area contributed by atoms with Gasteiger partial charge in [-0.1, -0.05) is 137 Å². The normalized spacial score (nSPS) is 10.1. The second-order valence-electron chi connectivity index (χ2n) is 15.1. The van der Waals surface area contributed by atoms with Gasteiger partial charge in [-0.25, -0.2) is 24.0 Å². The summed E-state index contributed by atoms with van der Waals surface area (Å²) in [4.78, 5) is 50.7. The predicted octanol–water partition coefficient (Wildman–Crippen LogP) is 8.88. The number of ether oxygens (including phenoxy) is 5. The third-order valence-electron chi connectivity index (χ3n) is 9.10. The first-order valence-corrected chi connectivity index (χ1v) is 22.8. The van der Waals surface area contributed by atoms with Crippen LogP contribution in [0.3, 0.4) is 0 Å². The van der Waals surface area contributed by atoms with E-state index in [9.17, 15) is 24.0 Å². The Morgan fingerprint density at radius 3 is 1.17 bits per heavy atom. The van der Waals surface area contributed by atoms with E-state index in [1.165, 1.54) is 33.4 Å². The second-order valence-corrected chi connectivity index (χ2v) is 15.9. The summed E-state index contributed by atoms with van der Waals surface area (Å²) in [5.74, 6) is -4.66. The van der Waals surface area contributed by atoms with E-state index in [1.807, 2.05) is 118 Å². The zero-order valence-electron chi connectivity index (χ0n) is 39.7. The zero-order chi connectivity index (χ0) is 51.9. The molecule has 0 saturated heterocycles. The summed E-state index contributed by atoms with van der Waals surface area (Å²) >= 11 is 11.6. The SMILES string of the molecule is Cc1ccc(CCOCC(=O)O)cc1.Cc1cccc(CCOCC(=O)O)c1.Cc1ccccc1CCOCC(=O)O.O=C(O)COCCc1ccc(Cl)cc1.O=C(O)COCCc1ccccc1Cl. The van der Waals surface area contributed by atoms with Gasteiger partial charge in [0.2, 0.25) is 0 Å². The monoisotopic (exact) mass is 1010 g/mol. The summed E-state index contributed by atoms with van der Waals surface area (Å²) < 4.78 is 24.6. The molecule has 0 aliphatic rings. The minimum Gasteiger partial charge on any atom is -0.480 e. The summed E-state index contributed by atoms with van der Waals surface area (Å²) in [6.07, 6.45) is 3.61. The van der Waals surface area contributed by atoms with Gasteiger partial charge in [-0.15, -0.1) is 0 Å². The number of aryl methyl sites for hydroxylation is 3. The summed E-state index contributed by atoms with van der Waals surface area (Å²) in [7, 11) is 0. The molecule has 0 aromatic heterocycles.